The van der Waals surface area contributed by atoms with Crippen LogP contribution in [0.5, 0.6) is 0 Å². The van der Waals surface area contributed by atoms with Gasteiger partial charge in [-0.1, -0.05) is 0 Å². The van der Waals surface area contributed by atoms with E-state index in [9.17, 15) is 0 Å². The minimum absolute atomic E-state index is 0.632. The summed E-state index contributed by atoms with van der Waals surface area (Å²) in [4.78, 5) is 4.29. The summed E-state index contributed by atoms with van der Waals surface area (Å²) in [7, 11) is 3.75. The van der Waals surface area contributed by atoms with Gasteiger partial charge in [0, 0.05) is 6.20 Å². The van der Waals surface area contributed by atoms with Gasteiger partial charge in [0.2, 0.25) is 0 Å². The van der Waals surface area contributed by atoms with Crippen molar-refractivity contribution in [2.75, 3.05) is 20.7 Å². The highest BCUT2D eigenvalue weighted by Crippen LogP contribution is 2.18. The Morgan fingerprint density at radius 1 is 1.44 bits per heavy atom. The Hall–Kier alpha value is -1.46. The van der Waals surface area contributed by atoms with E-state index in [1.54, 1.807) is 6.20 Å². The lowest BCUT2D eigenvalue weighted by Gasteiger charge is -2.13. The first-order valence-corrected chi connectivity index (χ1v) is 5.33. The molecule has 0 unspecified atom stereocenters. The van der Waals surface area contributed by atoms with Gasteiger partial charge in [-0.05, 0) is 26.2 Å². The molecule has 0 saturated carbocycles. The summed E-state index contributed by atoms with van der Waals surface area (Å²) in [6, 6.07) is 3.88. The first kappa shape index (κ1) is 11.0. The van der Waals surface area contributed by atoms with Gasteiger partial charge in [-0.2, -0.15) is 5.10 Å². The Kier molecular flexibility index (Phi) is 3.48. The number of nitrogens with zero attached hydrogens (tertiary/aromatic N) is 3. The molecular weight excluding hydrogens is 204 g/mol. The lowest BCUT2D eigenvalue weighted by atomic mass is 10.3. The molecule has 2 aromatic rings. The van der Waals surface area contributed by atoms with Crippen LogP contribution in [0.4, 0.5) is 0 Å². The van der Waals surface area contributed by atoms with Crippen LogP contribution < -0.4 is 5.32 Å². The van der Waals surface area contributed by atoms with Crippen molar-refractivity contribution in [3.8, 4) is 0 Å². The maximum Gasteiger partial charge on any atom is 0.114 e. The Bertz CT molecular complexity index is 466. The van der Waals surface area contributed by atoms with Gasteiger partial charge in [-0.25, -0.2) is 0 Å². The maximum atomic E-state index is 5.36. The topological polar surface area (TPSA) is 52.0 Å². The SMILES string of the molecule is CNC.c1cnc2c3n(nc2c1)CCOC3. The maximum absolute atomic E-state index is 5.36. The van der Waals surface area contributed by atoms with Crippen molar-refractivity contribution in [1.29, 1.82) is 0 Å². The second-order valence-electron chi connectivity index (χ2n) is 3.59. The third-order valence-electron chi connectivity index (χ3n) is 2.29. The van der Waals surface area contributed by atoms with Crippen LogP contribution in [0.15, 0.2) is 18.3 Å². The van der Waals surface area contributed by atoms with E-state index >= 15 is 0 Å². The lowest BCUT2D eigenvalue weighted by Crippen LogP contribution is -2.17. The molecule has 1 aliphatic heterocycles. The summed E-state index contributed by atoms with van der Waals surface area (Å²) in [5.74, 6) is 0. The van der Waals surface area contributed by atoms with E-state index in [1.807, 2.05) is 30.9 Å². The minimum Gasteiger partial charge on any atom is -0.373 e. The number of fused-ring (bicyclic) bond motifs is 3. The average molecular weight is 220 g/mol. The second kappa shape index (κ2) is 5.05. The molecule has 5 nitrogen and oxygen atoms in total. The van der Waals surface area contributed by atoms with E-state index in [2.05, 4.69) is 15.4 Å². The molecule has 0 radical (unpaired) electrons. The smallest absolute Gasteiger partial charge is 0.114 e. The molecule has 3 rings (SSSR count). The van der Waals surface area contributed by atoms with Gasteiger partial charge in [0.1, 0.15) is 11.0 Å². The molecule has 2 aromatic heterocycles. The van der Waals surface area contributed by atoms with Gasteiger partial charge in [0.05, 0.1) is 25.5 Å². The third kappa shape index (κ3) is 2.05. The monoisotopic (exact) mass is 220 g/mol. The number of aromatic nitrogens is 3. The van der Waals surface area contributed by atoms with E-state index in [4.69, 9.17) is 4.74 Å². The quantitative estimate of drug-likeness (QED) is 0.713. The highest BCUT2D eigenvalue weighted by molar-refractivity contribution is 5.76. The average Bonchev–Trinajstić information content (AvgIpc) is 2.68. The van der Waals surface area contributed by atoms with Crippen molar-refractivity contribution in [3.63, 3.8) is 0 Å². The van der Waals surface area contributed by atoms with Crippen LogP contribution in [-0.4, -0.2) is 35.5 Å². The minimum atomic E-state index is 0.632. The van der Waals surface area contributed by atoms with Gasteiger partial charge in [0.15, 0.2) is 0 Å². The van der Waals surface area contributed by atoms with E-state index in [0.29, 0.717) is 6.61 Å². The van der Waals surface area contributed by atoms with Crippen molar-refractivity contribution >= 4 is 11.0 Å². The first-order valence-electron chi connectivity index (χ1n) is 5.33. The zero-order chi connectivity index (χ0) is 11.4. The van der Waals surface area contributed by atoms with Crippen LogP contribution in [0.25, 0.3) is 11.0 Å². The van der Waals surface area contributed by atoms with Crippen LogP contribution in [0.1, 0.15) is 5.69 Å². The second-order valence-corrected chi connectivity index (χ2v) is 3.59. The molecule has 0 bridgehead atoms. The first-order chi connectivity index (χ1) is 7.86. The Morgan fingerprint density at radius 2 is 2.25 bits per heavy atom. The summed E-state index contributed by atoms with van der Waals surface area (Å²) in [5, 5.41) is 7.18. The molecule has 5 heteroatoms. The summed E-state index contributed by atoms with van der Waals surface area (Å²) < 4.78 is 7.35. The van der Waals surface area contributed by atoms with Crippen molar-refractivity contribution < 1.29 is 4.74 Å². The lowest BCUT2D eigenvalue weighted by molar-refractivity contribution is 0.0810. The molecule has 3 heterocycles. The zero-order valence-corrected chi connectivity index (χ0v) is 9.60. The molecule has 0 atom stereocenters. The van der Waals surface area contributed by atoms with Crippen molar-refractivity contribution in [2.24, 2.45) is 0 Å². The van der Waals surface area contributed by atoms with Gasteiger partial charge in [0.25, 0.3) is 0 Å². The van der Waals surface area contributed by atoms with E-state index in [0.717, 1.165) is 29.9 Å². The molecule has 0 fully saturated rings. The molecule has 1 aliphatic rings. The molecule has 1 N–H and O–H groups in total. The largest absolute Gasteiger partial charge is 0.373 e. The molecule has 0 spiro atoms. The Balaban J connectivity index is 0.000000292. The van der Waals surface area contributed by atoms with Crippen molar-refractivity contribution in [3.05, 3.63) is 24.0 Å². The molecule has 0 aliphatic carbocycles. The van der Waals surface area contributed by atoms with Gasteiger partial charge >= 0.3 is 0 Å². The Labute approximate surface area is 94.4 Å². The van der Waals surface area contributed by atoms with E-state index in [-0.39, 0.29) is 0 Å². The number of nitrogens with one attached hydrogen (secondary N) is 1. The van der Waals surface area contributed by atoms with Gasteiger partial charge in [-0.15, -0.1) is 0 Å². The van der Waals surface area contributed by atoms with E-state index in [1.165, 1.54) is 0 Å². The molecule has 0 saturated heterocycles. The number of ether oxygens (including phenoxy) is 1. The molecule has 16 heavy (non-hydrogen) atoms. The molecule has 0 amide bonds. The summed E-state index contributed by atoms with van der Waals surface area (Å²) in [5.41, 5.74) is 3.03. The predicted octanol–water partition coefficient (Wildman–Crippen LogP) is 0.797. The molecule has 86 valence electrons. The van der Waals surface area contributed by atoms with Crippen LogP contribution in [0, 0.1) is 0 Å². The summed E-state index contributed by atoms with van der Waals surface area (Å²) in [6.45, 7) is 2.22. The normalized spacial score (nSPS) is 14.1. The Morgan fingerprint density at radius 3 is 3.06 bits per heavy atom. The fourth-order valence-electron chi connectivity index (χ4n) is 1.66. The predicted molar refractivity (Wildman–Crippen MR) is 62.2 cm³/mol. The highest BCUT2D eigenvalue weighted by Gasteiger charge is 2.15. The fourth-order valence-corrected chi connectivity index (χ4v) is 1.66. The molecule has 0 aromatic carbocycles. The molecular formula is C11H16N4O. The standard InChI is InChI=1S/C9H9N3O.C2H7N/c1-2-7-9(10-3-1)8-6-13-5-4-12(8)11-7;1-3-2/h1-3H,4-6H2;3H,1-2H3. The van der Waals surface area contributed by atoms with Crippen molar-refractivity contribution in [2.45, 2.75) is 13.2 Å². The summed E-state index contributed by atoms with van der Waals surface area (Å²) in [6.07, 6.45) is 1.79. The van der Waals surface area contributed by atoms with E-state index < -0.39 is 0 Å². The number of hydrogen-bond acceptors (Lipinski definition) is 4. The zero-order valence-electron chi connectivity index (χ0n) is 9.60. The number of rotatable bonds is 0. The van der Waals surface area contributed by atoms with Crippen molar-refractivity contribution in [1.82, 2.24) is 20.1 Å². The van der Waals surface area contributed by atoms with Crippen LogP contribution in [0.2, 0.25) is 0 Å². The van der Waals surface area contributed by atoms with Gasteiger partial charge in [-0.3, -0.25) is 9.67 Å². The van der Waals surface area contributed by atoms with Gasteiger partial charge < -0.3 is 10.1 Å². The number of hydrogen-bond donors (Lipinski definition) is 1. The highest BCUT2D eigenvalue weighted by atomic mass is 16.5. The third-order valence-corrected chi connectivity index (χ3v) is 2.29. The van der Waals surface area contributed by atoms with Crippen LogP contribution in [-0.2, 0) is 17.9 Å². The van der Waals surface area contributed by atoms with Crippen LogP contribution >= 0.6 is 0 Å². The summed E-state index contributed by atoms with van der Waals surface area (Å²) >= 11 is 0. The van der Waals surface area contributed by atoms with Crippen LogP contribution in [0.3, 0.4) is 0 Å². The fraction of sp³-hybridized carbons (Fsp3) is 0.455. The number of pyridine rings is 1.